The Morgan fingerprint density at radius 2 is 1.68 bits per heavy atom. The largest absolute Gasteiger partial charge is 0.344 e. The molecule has 0 aromatic heterocycles. The van der Waals surface area contributed by atoms with Crippen LogP contribution in [0.5, 0.6) is 0 Å². The standard InChI is InChI=1S/C23H31N3O2/c1-5-9-21(19-10-7-6-8-11-19)25-23(28)18(3)26(4)16-22(27)24-20-14-12-17(2)13-15-20/h6-8,10-15,18,21H,5,9,16H2,1-4H3,(H,24,27)(H,25,28)/p+1/t18-,21-/m0/s1. The zero-order chi connectivity index (χ0) is 20.5. The highest BCUT2D eigenvalue weighted by Gasteiger charge is 2.26. The van der Waals surface area contributed by atoms with Gasteiger partial charge >= 0.3 is 0 Å². The van der Waals surface area contributed by atoms with Gasteiger partial charge in [0, 0.05) is 5.69 Å². The van der Waals surface area contributed by atoms with Crippen molar-refractivity contribution in [2.75, 3.05) is 18.9 Å². The van der Waals surface area contributed by atoms with Crippen LogP contribution in [0.3, 0.4) is 0 Å². The average Bonchev–Trinajstić information content (AvgIpc) is 2.69. The van der Waals surface area contributed by atoms with Crippen molar-refractivity contribution in [3.05, 3.63) is 65.7 Å². The highest BCUT2D eigenvalue weighted by molar-refractivity contribution is 5.91. The lowest BCUT2D eigenvalue weighted by atomic mass is 10.0. The van der Waals surface area contributed by atoms with Gasteiger partial charge in [0.1, 0.15) is 0 Å². The third-order valence-electron chi connectivity index (χ3n) is 5.00. The minimum absolute atomic E-state index is 0.00432. The number of amides is 2. The van der Waals surface area contributed by atoms with Gasteiger partial charge in [-0.3, -0.25) is 9.59 Å². The summed E-state index contributed by atoms with van der Waals surface area (Å²) in [6.45, 7) is 6.20. The Bertz CT molecular complexity index is 759. The summed E-state index contributed by atoms with van der Waals surface area (Å²) in [5, 5.41) is 6.04. The molecular weight excluding hydrogens is 350 g/mol. The van der Waals surface area contributed by atoms with Crippen molar-refractivity contribution in [1.29, 1.82) is 0 Å². The highest BCUT2D eigenvalue weighted by Crippen LogP contribution is 2.18. The van der Waals surface area contributed by atoms with Crippen LogP contribution < -0.4 is 15.5 Å². The molecule has 28 heavy (non-hydrogen) atoms. The van der Waals surface area contributed by atoms with Gasteiger partial charge < -0.3 is 15.5 Å². The minimum Gasteiger partial charge on any atom is -0.344 e. The predicted molar refractivity (Wildman–Crippen MR) is 113 cm³/mol. The molecule has 0 spiro atoms. The smallest absolute Gasteiger partial charge is 0.279 e. The second-order valence-electron chi connectivity index (χ2n) is 7.42. The van der Waals surface area contributed by atoms with Crippen molar-refractivity contribution >= 4 is 17.5 Å². The van der Waals surface area contributed by atoms with Crippen molar-refractivity contribution in [3.8, 4) is 0 Å². The first-order chi connectivity index (χ1) is 13.4. The molecule has 0 fully saturated rings. The Hall–Kier alpha value is -2.66. The fourth-order valence-electron chi connectivity index (χ4n) is 3.07. The Kier molecular flexibility index (Phi) is 8.20. The molecule has 0 aliphatic carbocycles. The van der Waals surface area contributed by atoms with Crippen LogP contribution in [0.1, 0.15) is 43.9 Å². The number of nitrogens with one attached hydrogen (secondary N) is 3. The SMILES string of the molecule is CCC[C@H](NC(=O)[C@H](C)[NH+](C)CC(=O)Nc1ccc(C)cc1)c1ccccc1. The molecule has 3 atom stereocenters. The molecule has 5 nitrogen and oxygen atoms in total. The molecular formula is C23H32N3O2+. The summed E-state index contributed by atoms with van der Waals surface area (Å²) in [5.41, 5.74) is 3.03. The number of carbonyl (C=O) groups excluding carboxylic acids is 2. The van der Waals surface area contributed by atoms with Crippen LogP contribution in [0, 0.1) is 6.92 Å². The molecule has 2 aromatic rings. The summed E-state index contributed by atoms with van der Waals surface area (Å²) in [7, 11) is 1.87. The second kappa shape index (κ2) is 10.6. The first-order valence-electron chi connectivity index (χ1n) is 9.94. The maximum atomic E-state index is 12.8. The van der Waals surface area contributed by atoms with Gasteiger partial charge in [0.15, 0.2) is 12.6 Å². The molecule has 0 aliphatic heterocycles. The average molecular weight is 383 g/mol. The quantitative estimate of drug-likeness (QED) is 0.624. The Morgan fingerprint density at radius 1 is 1.04 bits per heavy atom. The Morgan fingerprint density at radius 3 is 2.29 bits per heavy atom. The molecule has 0 heterocycles. The number of anilines is 1. The fourth-order valence-corrected chi connectivity index (χ4v) is 3.07. The van der Waals surface area contributed by atoms with E-state index in [1.165, 1.54) is 0 Å². The van der Waals surface area contributed by atoms with E-state index < -0.39 is 0 Å². The number of hydrogen-bond donors (Lipinski definition) is 3. The van der Waals surface area contributed by atoms with Gasteiger partial charge in [-0.25, -0.2) is 0 Å². The summed E-state index contributed by atoms with van der Waals surface area (Å²) in [4.78, 5) is 25.9. The summed E-state index contributed by atoms with van der Waals surface area (Å²) in [6, 6.07) is 17.4. The number of quaternary nitrogens is 1. The third kappa shape index (κ3) is 6.50. The first-order valence-corrected chi connectivity index (χ1v) is 9.94. The number of benzene rings is 2. The Balaban J connectivity index is 1.91. The zero-order valence-corrected chi connectivity index (χ0v) is 17.3. The van der Waals surface area contributed by atoms with Gasteiger partial charge in [-0.15, -0.1) is 0 Å². The van der Waals surface area contributed by atoms with Crippen molar-refractivity contribution in [3.63, 3.8) is 0 Å². The van der Waals surface area contributed by atoms with Crippen LogP contribution in [-0.2, 0) is 9.59 Å². The lowest BCUT2D eigenvalue weighted by Crippen LogP contribution is -3.15. The van der Waals surface area contributed by atoms with Gasteiger partial charge in [0.05, 0.1) is 13.1 Å². The van der Waals surface area contributed by atoms with Gasteiger partial charge in [0.2, 0.25) is 0 Å². The highest BCUT2D eigenvalue weighted by atomic mass is 16.2. The monoisotopic (exact) mass is 382 g/mol. The molecule has 0 radical (unpaired) electrons. The maximum Gasteiger partial charge on any atom is 0.279 e. The molecule has 2 rings (SSSR count). The molecule has 0 saturated heterocycles. The first kappa shape index (κ1) is 21.6. The summed E-state index contributed by atoms with van der Waals surface area (Å²) < 4.78 is 0. The summed E-state index contributed by atoms with van der Waals surface area (Å²) in [6.07, 6.45) is 1.87. The maximum absolute atomic E-state index is 12.8. The van der Waals surface area contributed by atoms with E-state index in [1.807, 2.05) is 75.5 Å². The van der Waals surface area contributed by atoms with Crippen molar-refractivity contribution in [2.45, 2.75) is 45.7 Å². The van der Waals surface area contributed by atoms with E-state index in [0.717, 1.165) is 34.6 Å². The van der Waals surface area contributed by atoms with E-state index in [4.69, 9.17) is 0 Å². The molecule has 2 amide bonds. The minimum atomic E-state index is -0.327. The molecule has 0 aliphatic rings. The van der Waals surface area contributed by atoms with E-state index >= 15 is 0 Å². The molecule has 150 valence electrons. The van der Waals surface area contributed by atoms with E-state index in [9.17, 15) is 9.59 Å². The summed E-state index contributed by atoms with van der Waals surface area (Å²) in [5.74, 6) is -0.142. The van der Waals surface area contributed by atoms with Crippen LogP contribution >= 0.6 is 0 Å². The van der Waals surface area contributed by atoms with Gasteiger partial charge in [-0.2, -0.15) is 0 Å². The van der Waals surface area contributed by atoms with Gasteiger partial charge in [-0.05, 0) is 38.0 Å². The number of carbonyl (C=O) groups is 2. The van der Waals surface area contributed by atoms with Crippen molar-refractivity contribution in [1.82, 2.24) is 5.32 Å². The molecule has 1 unspecified atom stereocenters. The molecule has 3 N–H and O–H groups in total. The topological polar surface area (TPSA) is 62.6 Å². The number of hydrogen-bond acceptors (Lipinski definition) is 2. The molecule has 2 aromatic carbocycles. The van der Waals surface area contributed by atoms with Crippen molar-refractivity contribution in [2.24, 2.45) is 0 Å². The van der Waals surface area contributed by atoms with Crippen LogP contribution in [0.15, 0.2) is 54.6 Å². The lowest BCUT2D eigenvalue weighted by Gasteiger charge is -2.24. The van der Waals surface area contributed by atoms with E-state index in [0.29, 0.717) is 0 Å². The summed E-state index contributed by atoms with van der Waals surface area (Å²) >= 11 is 0. The molecule has 0 saturated carbocycles. The normalized spacial score (nSPS) is 14.0. The zero-order valence-electron chi connectivity index (χ0n) is 17.3. The van der Waals surface area contributed by atoms with E-state index in [-0.39, 0.29) is 30.4 Å². The second-order valence-corrected chi connectivity index (χ2v) is 7.42. The van der Waals surface area contributed by atoms with E-state index in [2.05, 4.69) is 17.6 Å². The third-order valence-corrected chi connectivity index (χ3v) is 5.00. The molecule has 5 heteroatoms. The lowest BCUT2D eigenvalue weighted by molar-refractivity contribution is -0.885. The fraction of sp³-hybridized carbons (Fsp3) is 0.391. The van der Waals surface area contributed by atoms with Gasteiger partial charge in [-0.1, -0.05) is 61.4 Å². The number of likely N-dealkylation sites (N-methyl/N-ethyl adjacent to an activating group) is 1. The Labute approximate surface area is 168 Å². The van der Waals surface area contributed by atoms with Crippen LogP contribution in [0.25, 0.3) is 0 Å². The van der Waals surface area contributed by atoms with Crippen LogP contribution in [0.4, 0.5) is 5.69 Å². The van der Waals surface area contributed by atoms with Gasteiger partial charge in [0.25, 0.3) is 11.8 Å². The number of rotatable bonds is 9. The predicted octanol–water partition coefficient (Wildman–Crippen LogP) is 2.49. The van der Waals surface area contributed by atoms with Crippen LogP contribution in [-0.4, -0.2) is 31.4 Å². The number of aryl methyl sites for hydroxylation is 1. The van der Waals surface area contributed by atoms with Crippen LogP contribution in [0.2, 0.25) is 0 Å². The van der Waals surface area contributed by atoms with E-state index in [1.54, 1.807) is 0 Å². The van der Waals surface area contributed by atoms with Crippen molar-refractivity contribution < 1.29 is 14.5 Å². The molecule has 0 bridgehead atoms.